The molecule has 0 saturated carbocycles. The molecule has 5 heteroatoms. The summed E-state index contributed by atoms with van der Waals surface area (Å²) in [4.78, 5) is 16.2. The van der Waals surface area contributed by atoms with Gasteiger partial charge in [-0.2, -0.15) is 0 Å². The van der Waals surface area contributed by atoms with Crippen LogP contribution in [0.25, 0.3) is 5.57 Å². The average molecular weight is 467 g/mol. The van der Waals surface area contributed by atoms with E-state index in [0.29, 0.717) is 16.5 Å². The number of rotatable bonds is 4. The molecule has 2 aliphatic rings. The molecule has 0 aromatic heterocycles. The SMILES string of the molecule is CC(C)c1cccc(C2=C(C(=O)OC(C)(C)C)C(N3CCCCC3)Nc3ccc(Cl)cc32)c1. The molecule has 4 rings (SSSR count). The smallest absolute Gasteiger partial charge is 0.338 e. The number of anilines is 1. The number of carbonyl (C=O) groups is 1. The van der Waals surface area contributed by atoms with Crippen LogP contribution >= 0.6 is 11.6 Å². The second-order valence-corrected chi connectivity index (χ2v) is 10.8. The highest BCUT2D eigenvalue weighted by Gasteiger charge is 2.38. The normalized spacial score (nSPS) is 19.3. The second-order valence-electron chi connectivity index (χ2n) is 10.4. The molecule has 0 amide bonds. The van der Waals surface area contributed by atoms with E-state index in [2.05, 4.69) is 48.3 Å². The van der Waals surface area contributed by atoms with Gasteiger partial charge in [-0.1, -0.05) is 56.1 Å². The van der Waals surface area contributed by atoms with Crippen LogP contribution in [0.15, 0.2) is 48.0 Å². The number of benzene rings is 2. The number of halogens is 1. The number of nitrogens with one attached hydrogen (secondary N) is 1. The number of fused-ring (bicyclic) bond motifs is 1. The standard InChI is InChI=1S/C28H35ClN2O2/c1-18(2)19-10-9-11-20(16-19)24-22-17-21(29)12-13-23(22)30-26(31-14-7-6-8-15-31)25(24)27(32)33-28(3,4)5/h9-13,16-18,26,30H,6-8,14-15H2,1-5H3. The van der Waals surface area contributed by atoms with E-state index in [1.165, 1.54) is 12.0 Å². The first-order valence-electron chi connectivity index (χ1n) is 12.0. The molecule has 0 bridgehead atoms. The number of hydrogen-bond acceptors (Lipinski definition) is 4. The summed E-state index contributed by atoms with van der Waals surface area (Å²) in [5, 5.41) is 4.30. The zero-order valence-electron chi connectivity index (χ0n) is 20.4. The van der Waals surface area contributed by atoms with Crippen molar-refractivity contribution in [1.82, 2.24) is 4.90 Å². The van der Waals surface area contributed by atoms with Gasteiger partial charge < -0.3 is 10.1 Å². The van der Waals surface area contributed by atoms with Gasteiger partial charge in [0.1, 0.15) is 11.8 Å². The lowest BCUT2D eigenvalue weighted by molar-refractivity contribution is -0.150. The zero-order chi connectivity index (χ0) is 23.8. The van der Waals surface area contributed by atoms with Crippen molar-refractivity contribution in [3.63, 3.8) is 0 Å². The van der Waals surface area contributed by atoms with Crippen molar-refractivity contribution in [3.05, 3.63) is 69.8 Å². The van der Waals surface area contributed by atoms with Crippen LogP contribution in [0.1, 0.15) is 76.5 Å². The summed E-state index contributed by atoms with van der Waals surface area (Å²) in [6.45, 7) is 12.0. The van der Waals surface area contributed by atoms with Gasteiger partial charge in [-0.25, -0.2) is 4.79 Å². The fourth-order valence-electron chi connectivity index (χ4n) is 4.71. The molecule has 1 unspecified atom stereocenters. The lowest BCUT2D eigenvalue weighted by Crippen LogP contribution is -2.49. The summed E-state index contributed by atoms with van der Waals surface area (Å²) < 4.78 is 5.98. The summed E-state index contributed by atoms with van der Waals surface area (Å²) in [6, 6.07) is 14.4. The van der Waals surface area contributed by atoms with E-state index in [1.54, 1.807) is 0 Å². The van der Waals surface area contributed by atoms with Crippen LogP contribution in [0.3, 0.4) is 0 Å². The van der Waals surface area contributed by atoms with Crippen molar-refractivity contribution < 1.29 is 9.53 Å². The molecule has 1 saturated heterocycles. The Bertz CT molecular complexity index is 1060. The molecule has 0 spiro atoms. The van der Waals surface area contributed by atoms with E-state index in [4.69, 9.17) is 16.3 Å². The molecule has 2 aliphatic heterocycles. The Morgan fingerprint density at radius 2 is 1.82 bits per heavy atom. The number of hydrogen-bond donors (Lipinski definition) is 1. The van der Waals surface area contributed by atoms with Crippen LogP contribution < -0.4 is 5.32 Å². The molecular weight excluding hydrogens is 432 g/mol. The van der Waals surface area contributed by atoms with Gasteiger partial charge in [0.05, 0.1) is 5.57 Å². The number of nitrogens with zero attached hydrogens (tertiary/aromatic N) is 1. The molecule has 1 N–H and O–H groups in total. The first-order chi connectivity index (χ1) is 15.6. The van der Waals surface area contributed by atoms with Gasteiger partial charge in [0.25, 0.3) is 0 Å². The maximum Gasteiger partial charge on any atom is 0.338 e. The number of carbonyl (C=O) groups excluding carboxylic acids is 1. The molecule has 1 fully saturated rings. The van der Waals surface area contributed by atoms with Crippen molar-refractivity contribution in [2.45, 2.75) is 71.6 Å². The van der Waals surface area contributed by atoms with Crippen molar-refractivity contribution in [3.8, 4) is 0 Å². The third-order valence-corrected chi connectivity index (χ3v) is 6.54. The van der Waals surface area contributed by atoms with Crippen molar-refractivity contribution in [2.24, 2.45) is 0 Å². The Balaban J connectivity index is 1.97. The largest absolute Gasteiger partial charge is 0.456 e. The van der Waals surface area contributed by atoms with Gasteiger partial charge in [-0.3, -0.25) is 4.90 Å². The van der Waals surface area contributed by atoms with Gasteiger partial charge in [-0.05, 0) is 68.9 Å². The molecule has 33 heavy (non-hydrogen) atoms. The summed E-state index contributed by atoms with van der Waals surface area (Å²) in [6.07, 6.45) is 3.24. The van der Waals surface area contributed by atoms with E-state index in [1.807, 2.05) is 39.0 Å². The average Bonchev–Trinajstić information content (AvgIpc) is 2.77. The van der Waals surface area contributed by atoms with Gasteiger partial charge in [0.15, 0.2) is 0 Å². The highest BCUT2D eigenvalue weighted by atomic mass is 35.5. The Morgan fingerprint density at radius 1 is 1.09 bits per heavy atom. The van der Waals surface area contributed by atoms with Crippen LogP contribution in [0.5, 0.6) is 0 Å². The first kappa shape index (κ1) is 23.8. The minimum Gasteiger partial charge on any atom is -0.456 e. The summed E-state index contributed by atoms with van der Waals surface area (Å²) >= 11 is 6.45. The molecule has 1 atom stereocenters. The fraction of sp³-hybridized carbons (Fsp3) is 0.464. The Hall–Kier alpha value is -2.30. The molecule has 2 aromatic carbocycles. The second kappa shape index (κ2) is 9.52. The number of ether oxygens (including phenoxy) is 1. The van der Waals surface area contributed by atoms with Crippen LogP contribution in [0, 0.1) is 0 Å². The minimum atomic E-state index is -0.587. The maximum atomic E-state index is 13.8. The zero-order valence-corrected chi connectivity index (χ0v) is 21.1. The summed E-state index contributed by atoms with van der Waals surface area (Å²) in [5.41, 5.74) is 5.19. The van der Waals surface area contributed by atoms with E-state index in [-0.39, 0.29) is 12.1 Å². The van der Waals surface area contributed by atoms with E-state index < -0.39 is 5.60 Å². The highest BCUT2D eigenvalue weighted by Crippen LogP contribution is 2.42. The van der Waals surface area contributed by atoms with Crippen LogP contribution in [-0.4, -0.2) is 35.7 Å². The van der Waals surface area contributed by atoms with Crippen LogP contribution in [0.2, 0.25) is 5.02 Å². The first-order valence-corrected chi connectivity index (χ1v) is 12.4. The minimum absolute atomic E-state index is 0.244. The van der Waals surface area contributed by atoms with Crippen molar-refractivity contribution in [2.75, 3.05) is 18.4 Å². The number of likely N-dealkylation sites (tertiary alicyclic amines) is 1. The van der Waals surface area contributed by atoms with Gasteiger partial charge >= 0.3 is 5.97 Å². The van der Waals surface area contributed by atoms with Crippen LogP contribution in [0.4, 0.5) is 5.69 Å². The van der Waals surface area contributed by atoms with Gasteiger partial charge in [-0.15, -0.1) is 0 Å². The molecule has 176 valence electrons. The molecule has 4 nitrogen and oxygen atoms in total. The van der Waals surface area contributed by atoms with E-state index >= 15 is 0 Å². The monoisotopic (exact) mass is 466 g/mol. The summed E-state index contributed by atoms with van der Waals surface area (Å²) in [7, 11) is 0. The maximum absolute atomic E-state index is 13.8. The fourth-order valence-corrected chi connectivity index (χ4v) is 4.88. The van der Waals surface area contributed by atoms with Crippen molar-refractivity contribution >= 4 is 28.8 Å². The Labute approximate surface area is 203 Å². The predicted octanol–water partition coefficient (Wildman–Crippen LogP) is 6.84. The quantitative estimate of drug-likeness (QED) is 0.500. The molecule has 0 radical (unpaired) electrons. The number of piperidine rings is 1. The van der Waals surface area contributed by atoms with Crippen LogP contribution in [-0.2, 0) is 9.53 Å². The third-order valence-electron chi connectivity index (χ3n) is 6.30. The molecule has 2 aromatic rings. The van der Waals surface area contributed by atoms with Gasteiger partial charge in [0.2, 0.25) is 0 Å². The highest BCUT2D eigenvalue weighted by molar-refractivity contribution is 6.31. The van der Waals surface area contributed by atoms with E-state index in [0.717, 1.165) is 48.3 Å². The molecular formula is C28H35ClN2O2. The summed E-state index contributed by atoms with van der Waals surface area (Å²) in [5.74, 6) is 0.107. The third kappa shape index (κ3) is 5.28. The Kier molecular flexibility index (Phi) is 6.88. The number of esters is 1. The topological polar surface area (TPSA) is 41.6 Å². The molecule has 0 aliphatic carbocycles. The predicted molar refractivity (Wildman–Crippen MR) is 137 cm³/mol. The van der Waals surface area contributed by atoms with Crippen molar-refractivity contribution in [1.29, 1.82) is 0 Å². The lowest BCUT2D eigenvalue weighted by atomic mass is 9.85. The van der Waals surface area contributed by atoms with Gasteiger partial charge in [0, 0.05) is 34.9 Å². The molecule has 2 heterocycles. The lowest BCUT2D eigenvalue weighted by Gasteiger charge is -2.41. The van der Waals surface area contributed by atoms with E-state index in [9.17, 15) is 4.79 Å². The Morgan fingerprint density at radius 3 is 2.48 bits per heavy atom.